The minimum atomic E-state index is -4.13. The van der Waals surface area contributed by atoms with Gasteiger partial charge in [0, 0.05) is 19.0 Å². The maximum Gasteiger partial charge on any atom is 0.264 e. The molecule has 0 bridgehead atoms. The number of amides is 2. The van der Waals surface area contributed by atoms with Crippen molar-refractivity contribution in [3.8, 4) is 0 Å². The van der Waals surface area contributed by atoms with Crippen molar-refractivity contribution in [2.75, 3.05) is 10.8 Å². The predicted octanol–water partition coefficient (Wildman–Crippen LogP) is 6.48. The smallest absolute Gasteiger partial charge is 0.264 e. The summed E-state index contributed by atoms with van der Waals surface area (Å²) in [6.07, 6.45) is 0.269. The Labute approximate surface area is 268 Å². The highest BCUT2D eigenvalue weighted by Crippen LogP contribution is 2.27. The van der Waals surface area contributed by atoms with Crippen molar-refractivity contribution in [2.45, 2.75) is 70.5 Å². The van der Waals surface area contributed by atoms with Crippen molar-refractivity contribution in [3.05, 3.63) is 131 Å². The lowest BCUT2D eigenvalue weighted by atomic mass is 10.0. The molecule has 1 atom stereocenters. The molecule has 0 unspecified atom stereocenters. The highest BCUT2D eigenvalue weighted by molar-refractivity contribution is 7.92. The second-order valence-corrected chi connectivity index (χ2v) is 13.8. The molecule has 0 heterocycles. The quantitative estimate of drug-likeness (QED) is 0.184. The Balaban J connectivity index is 1.81. The Bertz CT molecular complexity index is 1670. The summed E-state index contributed by atoms with van der Waals surface area (Å²) in [5.41, 5.74) is 4.18. The van der Waals surface area contributed by atoms with Gasteiger partial charge in [0.25, 0.3) is 10.0 Å². The summed E-state index contributed by atoms with van der Waals surface area (Å²) in [5, 5.41) is 2.99. The Morgan fingerprint density at radius 2 is 1.36 bits per heavy atom. The first-order valence-corrected chi connectivity index (χ1v) is 16.8. The van der Waals surface area contributed by atoms with Gasteiger partial charge in [-0.2, -0.15) is 0 Å². The minimum Gasteiger partial charge on any atom is -0.352 e. The average Bonchev–Trinajstić information content (AvgIpc) is 3.02. The Hall–Kier alpha value is -4.43. The van der Waals surface area contributed by atoms with Crippen LogP contribution in [0.15, 0.2) is 114 Å². The van der Waals surface area contributed by atoms with Crippen molar-refractivity contribution in [1.82, 2.24) is 10.2 Å². The zero-order chi connectivity index (χ0) is 32.6. The zero-order valence-corrected chi connectivity index (χ0v) is 27.5. The number of anilines is 1. The first kappa shape index (κ1) is 33.5. The molecule has 0 aromatic heterocycles. The minimum absolute atomic E-state index is 0.0781. The van der Waals surface area contributed by atoms with Crippen molar-refractivity contribution >= 4 is 27.5 Å². The first-order chi connectivity index (χ1) is 21.5. The maximum atomic E-state index is 14.5. The average molecular weight is 626 g/mol. The van der Waals surface area contributed by atoms with Gasteiger partial charge in [-0.15, -0.1) is 0 Å². The van der Waals surface area contributed by atoms with E-state index in [1.807, 2.05) is 87.5 Å². The number of benzene rings is 4. The molecule has 4 aromatic rings. The Kier molecular flexibility index (Phi) is 11.2. The van der Waals surface area contributed by atoms with Gasteiger partial charge in [0.2, 0.25) is 11.8 Å². The molecule has 2 amide bonds. The fraction of sp³-hybridized carbons (Fsp3) is 0.297. The van der Waals surface area contributed by atoms with E-state index in [2.05, 4.69) is 19.2 Å². The van der Waals surface area contributed by atoms with Crippen LogP contribution in [0.4, 0.5) is 5.69 Å². The molecule has 7 nitrogen and oxygen atoms in total. The van der Waals surface area contributed by atoms with Crippen LogP contribution < -0.4 is 9.62 Å². The second-order valence-electron chi connectivity index (χ2n) is 12.0. The van der Waals surface area contributed by atoms with Crippen LogP contribution in [0, 0.1) is 6.92 Å². The molecule has 45 heavy (non-hydrogen) atoms. The first-order valence-electron chi connectivity index (χ1n) is 15.3. The van der Waals surface area contributed by atoms with E-state index in [0.717, 1.165) is 26.6 Å². The molecule has 0 aliphatic rings. The number of hydrogen-bond acceptors (Lipinski definition) is 4. The van der Waals surface area contributed by atoms with Crippen LogP contribution in [-0.2, 0) is 32.6 Å². The molecule has 0 aliphatic carbocycles. The zero-order valence-electron chi connectivity index (χ0n) is 26.7. The van der Waals surface area contributed by atoms with E-state index in [1.54, 1.807) is 30.3 Å². The summed E-state index contributed by atoms with van der Waals surface area (Å²) >= 11 is 0. The van der Waals surface area contributed by atoms with Crippen LogP contribution in [0.25, 0.3) is 0 Å². The van der Waals surface area contributed by atoms with Gasteiger partial charge in [0.1, 0.15) is 12.6 Å². The number of hydrogen-bond donors (Lipinski definition) is 1. The van der Waals surface area contributed by atoms with E-state index in [9.17, 15) is 18.0 Å². The van der Waals surface area contributed by atoms with E-state index in [-0.39, 0.29) is 35.7 Å². The van der Waals surface area contributed by atoms with Gasteiger partial charge in [-0.1, -0.05) is 104 Å². The molecule has 0 fully saturated rings. The monoisotopic (exact) mass is 625 g/mol. The van der Waals surface area contributed by atoms with E-state index in [4.69, 9.17) is 0 Å². The number of carbonyl (C=O) groups is 2. The Morgan fingerprint density at radius 3 is 1.93 bits per heavy atom. The Morgan fingerprint density at radius 1 is 0.756 bits per heavy atom. The SMILES string of the molecule is Cc1cccc(CN(C(=O)CN(c2ccc(C(C)C)cc2)S(=O)(=O)c2ccccc2)[C@@H](Cc2ccccc2)C(=O)NC(C)C)c1. The standard InChI is InChI=1S/C37H43N3O4S/c1-27(2)32-19-21-33(22-20-32)40(45(43,44)34-17-10-7-11-18-34)26-36(41)39(25-31-16-12-13-29(5)23-31)35(37(42)38-28(3)4)24-30-14-8-6-9-15-30/h6-23,27-28,35H,24-26H2,1-5H3,(H,38,42)/t35-/m0/s1. The van der Waals surface area contributed by atoms with Gasteiger partial charge in [0.15, 0.2) is 0 Å². The molecule has 8 heteroatoms. The molecule has 4 rings (SSSR count). The van der Waals surface area contributed by atoms with E-state index >= 15 is 0 Å². The fourth-order valence-electron chi connectivity index (χ4n) is 5.22. The van der Waals surface area contributed by atoms with Crippen molar-refractivity contribution in [2.24, 2.45) is 0 Å². The third-order valence-electron chi connectivity index (χ3n) is 7.60. The summed E-state index contributed by atoms with van der Waals surface area (Å²) in [6.45, 7) is 9.50. The maximum absolute atomic E-state index is 14.5. The molecule has 4 aromatic carbocycles. The summed E-state index contributed by atoms with van der Waals surface area (Å²) in [7, 11) is -4.13. The van der Waals surface area contributed by atoms with Crippen LogP contribution in [-0.4, -0.2) is 43.8 Å². The molecule has 0 spiro atoms. The number of carbonyl (C=O) groups excluding carboxylic acids is 2. The molecule has 0 saturated carbocycles. The molecule has 0 aliphatic heterocycles. The highest BCUT2D eigenvalue weighted by Gasteiger charge is 2.34. The van der Waals surface area contributed by atoms with Crippen LogP contribution in [0.3, 0.4) is 0 Å². The summed E-state index contributed by atoms with van der Waals surface area (Å²) < 4.78 is 29.4. The molecular weight excluding hydrogens is 582 g/mol. The lowest BCUT2D eigenvalue weighted by molar-refractivity contribution is -0.140. The molecule has 1 N–H and O–H groups in total. The van der Waals surface area contributed by atoms with Gasteiger partial charge in [0.05, 0.1) is 10.6 Å². The highest BCUT2D eigenvalue weighted by atomic mass is 32.2. The van der Waals surface area contributed by atoms with Crippen molar-refractivity contribution in [1.29, 1.82) is 0 Å². The second kappa shape index (κ2) is 15.0. The number of rotatable bonds is 13. The van der Waals surface area contributed by atoms with Gasteiger partial charge in [-0.05, 0) is 67.6 Å². The predicted molar refractivity (Wildman–Crippen MR) is 180 cm³/mol. The number of nitrogens with zero attached hydrogens (tertiary/aromatic N) is 2. The van der Waals surface area contributed by atoms with Crippen LogP contribution >= 0.6 is 0 Å². The number of sulfonamides is 1. The third kappa shape index (κ3) is 8.82. The molecule has 236 valence electrons. The van der Waals surface area contributed by atoms with Crippen LogP contribution in [0.2, 0.25) is 0 Å². The van der Waals surface area contributed by atoms with Gasteiger partial charge < -0.3 is 10.2 Å². The summed E-state index contributed by atoms with van der Waals surface area (Å²) in [4.78, 5) is 29.9. The largest absolute Gasteiger partial charge is 0.352 e. The molecular formula is C37H43N3O4S. The lowest BCUT2D eigenvalue weighted by Gasteiger charge is -2.34. The van der Waals surface area contributed by atoms with Gasteiger partial charge in [-0.25, -0.2) is 8.42 Å². The molecule has 0 radical (unpaired) electrons. The van der Waals surface area contributed by atoms with Gasteiger partial charge >= 0.3 is 0 Å². The van der Waals surface area contributed by atoms with Crippen LogP contribution in [0.1, 0.15) is 55.9 Å². The fourth-order valence-corrected chi connectivity index (χ4v) is 6.65. The van der Waals surface area contributed by atoms with Gasteiger partial charge in [-0.3, -0.25) is 13.9 Å². The third-order valence-corrected chi connectivity index (χ3v) is 9.38. The normalized spacial score (nSPS) is 12.2. The summed E-state index contributed by atoms with van der Waals surface area (Å²) in [5.74, 6) is -0.528. The number of aryl methyl sites for hydroxylation is 1. The lowest BCUT2D eigenvalue weighted by Crippen LogP contribution is -2.54. The molecule has 0 saturated heterocycles. The van der Waals surface area contributed by atoms with E-state index in [0.29, 0.717) is 5.69 Å². The topological polar surface area (TPSA) is 86.8 Å². The van der Waals surface area contributed by atoms with E-state index < -0.39 is 28.5 Å². The summed E-state index contributed by atoms with van der Waals surface area (Å²) in [6, 6.07) is 31.6. The van der Waals surface area contributed by atoms with E-state index in [1.165, 1.54) is 17.0 Å². The van der Waals surface area contributed by atoms with Crippen molar-refractivity contribution < 1.29 is 18.0 Å². The number of nitrogens with one attached hydrogen (secondary N) is 1. The van der Waals surface area contributed by atoms with Crippen LogP contribution in [0.5, 0.6) is 0 Å². The van der Waals surface area contributed by atoms with Crippen molar-refractivity contribution in [3.63, 3.8) is 0 Å².